The lowest BCUT2D eigenvalue weighted by Gasteiger charge is -2.39. The summed E-state index contributed by atoms with van der Waals surface area (Å²) in [6.45, 7) is 1.03. The summed E-state index contributed by atoms with van der Waals surface area (Å²) < 4.78 is 23.7. The van der Waals surface area contributed by atoms with Crippen molar-refractivity contribution in [2.24, 2.45) is 5.92 Å². The van der Waals surface area contributed by atoms with E-state index in [2.05, 4.69) is 0 Å². The van der Waals surface area contributed by atoms with Crippen LogP contribution in [0.15, 0.2) is 0 Å². The summed E-state index contributed by atoms with van der Waals surface area (Å²) in [5, 5.41) is 8.27. The number of nitrogens with zero attached hydrogens (tertiary/aromatic N) is 2. The molecule has 7 nitrogen and oxygen atoms in total. The van der Waals surface area contributed by atoms with Crippen molar-refractivity contribution in [2.75, 3.05) is 37.4 Å². The molecule has 0 aromatic heterocycles. The summed E-state index contributed by atoms with van der Waals surface area (Å²) in [6, 6.07) is -0.350. The summed E-state index contributed by atoms with van der Waals surface area (Å²) in [6.07, 6.45) is 2.33. The standard InChI is InChI=1S/C12H20N2O5S2/c1-21(18,19)10-8-20-6-5-14(10)12(17)13-4-2-3-9(7-13)11(15)16/h9-10H,2-8H2,1H3,(H,15,16)/t9-,10?/m1/s1. The molecule has 21 heavy (non-hydrogen) atoms. The topological polar surface area (TPSA) is 95.0 Å². The third-order valence-electron chi connectivity index (χ3n) is 3.87. The van der Waals surface area contributed by atoms with E-state index in [-0.39, 0.29) is 12.6 Å². The highest BCUT2D eigenvalue weighted by Crippen LogP contribution is 2.24. The molecular formula is C12H20N2O5S2. The van der Waals surface area contributed by atoms with E-state index in [9.17, 15) is 18.0 Å². The SMILES string of the molecule is CS(=O)(=O)C1CSCCN1C(=O)N1CCC[C@@H](C(=O)O)C1. The van der Waals surface area contributed by atoms with Crippen LogP contribution in [-0.4, -0.2) is 78.1 Å². The first kappa shape index (κ1) is 16.4. The quantitative estimate of drug-likeness (QED) is 0.780. The monoisotopic (exact) mass is 336 g/mol. The molecule has 2 aliphatic heterocycles. The Morgan fingerprint density at radius 3 is 2.62 bits per heavy atom. The average Bonchev–Trinajstić information content (AvgIpc) is 2.45. The molecule has 0 aromatic carbocycles. The lowest BCUT2D eigenvalue weighted by atomic mass is 9.99. The fourth-order valence-electron chi connectivity index (χ4n) is 2.69. The van der Waals surface area contributed by atoms with E-state index in [4.69, 9.17) is 5.11 Å². The van der Waals surface area contributed by atoms with Gasteiger partial charge in [0, 0.05) is 37.4 Å². The predicted molar refractivity (Wildman–Crippen MR) is 80.0 cm³/mol. The van der Waals surface area contributed by atoms with E-state index in [0.717, 1.165) is 6.26 Å². The van der Waals surface area contributed by atoms with Crippen LogP contribution in [0.4, 0.5) is 4.79 Å². The van der Waals surface area contributed by atoms with E-state index in [0.29, 0.717) is 37.4 Å². The number of likely N-dealkylation sites (tertiary alicyclic amines) is 1. The molecule has 1 N–H and O–H groups in total. The van der Waals surface area contributed by atoms with Crippen LogP contribution in [0.1, 0.15) is 12.8 Å². The molecule has 2 aliphatic rings. The van der Waals surface area contributed by atoms with Gasteiger partial charge in [0.1, 0.15) is 5.37 Å². The van der Waals surface area contributed by atoms with Crippen molar-refractivity contribution < 1.29 is 23.1 Å². The zero-order chi connectivity index (χ0) is 15.6. The van der Waals surface area contributed by atoms with Gasteiger partial charge >= 0.3 is 12.0 Å². The summed E-state index contributed by atoms with van der Waals surface area (Å²) in [7, 11) is -3.35. The Hall–Kier alpha value is -0.960. The van der Waals surface area contributed by atoms with E-state index < -0.39 is 27.1 Å². The number of thioether (sulfide) groups is 1. The molecule has 120 valence electrons. The van der Waals surface area contributed by atoms with Gasteiger partial charge in [-0.2, -0.15) is 11.8 Å². The third kappa shape index (κ3) is 3.82. The summed E-state index contributed by atoms with van der Waals surface area (Å²) >= 11 is 1.52. The van der Waals surface area contributed by atoms with Crippen LogP contribution >= 0.6 is 11.8 Å². The van der Waals surface area contributed by atoms with Gasteiger partial charge in [-0.15, -0.1) is 0 Å². The molecule has 0 aromatic rings. The van der Waals surface area contributed by atoms with Gasteiger partial charge in [0.25, 0.3) is 0 Å². The van der Waals surface area contributed by atoms with Gasteiger partial charge in [0.05, 0.1) is 5.92 Å². The second-order valence-corrected chi connectivity index (χ2v) is 8.81. The lowest BCUT2D eigenvalue weighted by Crippen LogP contribution is -2.56. The number of piperidine rings is 1. The maximum atomic E-state index is 12.6. The van der Waals surface area contributed by atoms with Crippen LogP contribution in [0, 0.1) is 5.92 Å². The Labute approximate surface area is 128 Å². The molecule has 2 heterocycles. The maximum Gasteiger partial charge on any atom is 0.321 e. The van der Waals surface area contributed by atoms with E-state index in [1.807, 2.05) is 0 Å². The van der Waals surface area contributed by atoms with Crippen molar-refractivity contribution >= 4 is 33.6 Å². The van der Waals surface area contributed by atoms with Crippen molar-refractivity contribution in [1.82, 2.24) is 9.80 Å². The average molecular weight is 336 g/mol. The highest BCUT2D eigenvalue weighted by atomic mass is 32.2. The van der Waals surface area contributed by atoms with Gasteiger partial charge in [-0.05, 0) is 12.8 Å². The zero-order valence-electron chi connectivity index (χ0n) is 11.9. The molecule has 2 saturated heterocycles. The number of carboxylic acids is 1. The normalized spacial score (nSPS) is 27.5. The van der Waals surface area contributed by atoms with Crippen molar-refractivity contribution in [3.05, 3.63) is 0 Å². The van der Waals surface area contributed by atoms with Crippen molar-refractivity contribution in [3.8, 4) is 0 Å². The van der Waals surface area contributed by atoms with Crippen LogP contribution in [0.2, 0.25) is 0 Å². The first-order valence-corrected chi connectivity index (χ1v) is 9.96. The van der Waals surface area contributed by atoms with Crippen molar-refractivity contribution in [2.45, 2.75) is 18.2 Å². The molecule has 2 atom stereocenters. The van der Waals surface area contributed by atoms with E-state index in [1.165, 1.54) is 21.6 Å². The molecule has 0 spiro atoms. The van der Waals surface area contributed by atoms with Crippen molar-refractivity contribution in [1.29, 1.82) is 0 Å². The number of rotatable bonds is 2. The number of aliphatic carboxylic acids is 1. The molecule has 2 fully saturated rings. The summed E-state index contributed by atoms with van der Waals surface area (Å²) in [5.74, 6) is -0.380. The summed E-state index contributed by atoms with van der Waals surface area (Å²) in [5.41, 5.74) is 0. The zero-order valence-corrected chi connectivity index (χ0v) is 13.5. The Kier molecular flexibility index (Phi) is 5.03. The number of sulfone groups is 1. The molecule has 1 unspecified atom stereocenters. The molecule has 0 bridgehead atoms. The third-order valence-corrected chi connectivity index (χ3v) is 6.51. The fraction of sp³-hybridized carbons (Fsp3) is 0.833. The highest BCUT2D eigenvalue weighted by Gasteiger charge is 2.38. The van der Waals surface area contributed by atoms with Crippen LogP contribution in [0.25, 0.3) is 0 Å². The Morgan fingerprint density at radius 2 is 2.00 bits per heavy atom. The van der Waals surface area contributed by atoms with Gasteiger partial charge < -0.3 is 14.9 Å². The predicted octanol–water partition coefficient (Wildman–Crippen LogP) is 0.323. The first-order valence-electron chi connectivity index (χ1n) is 6.85. The van der Waals surface area contributed by atoms with Crippen LogP contribution in [-0.2, 0) is 14.6 Å². The van der Waals surface area contributed by atoms with Crippen LogP contribution < -0.4 is 0 Å². The van der Waals surface area contributed by atoms with Gasteiger partial charge in [-0.3, -0.25) is 4.79 Å². The van der Waals surface area contributed by atoms with Gasteiger partial charge in [0.15, 0.2) is 9.84 Å². The second kappa shape index (κ2) is 6.43. The number of carbonyl (C=O) groups excluding carboxylic acids is 1. The van der Waals surface area contributed by atoms with E-state index in [1.54, 1.807) is 0 Å². The van der Waals surface area contributed by atoms with Crippen molar-refractivity contribution in [3.63, 3.8) is 0 Å². The second-order valence-electron chi connectivity index (χ2n) is 5.46. The Balaban J connectivity index is 2.12. The number of urea groups is 1. The molecule has 0 saturated carbocycles. The smallest absolute Gasteiger partial charge is 0.321 e. The minimum absolute atomic E-state index is 0.161. The number of hydrogen-bond acceptors (Lipinski definition) is 5. The fourth-order valence-corrected chi connectivity index (χ4v) is 5.50. The van der Waals surface area contributed by atoms with E-state index >= 15 is 0 Å². The number of amides is 2. The lowest BCUT2D eigenvalue weighted by molar-refractivity contribution is -0.143. The summed E-state index contributed by atoms with van der Waals surface area (Å²) in [4.78, 5) is 26.5. The van der Waals surface area contributed by atoms with Gasteiger partial charge in [-0.25, -0.2) is 13.2 Å². The number of carboxylic acid groups (broad SMARTS) is 1. The molecular weight excluding hydrogens is 316 g/mol. The minimum atomic E-state index is -3.35. The van der Waals surface area contributed by atoms with Gasteiger partial charge in [0.2, 0.25) is 0 Å². The highest BCUT2D eigenvalue weighted by molar-refractivity contribution is 8.00. The molecule has 0 aliphatic carbocycles. The number of hydrogen-bond donors (Lipinski definition) is 1. The first-order chi connectivity index (χ1) is 9.80. The van der Waals surface area contributed by atoms with Crippen LogP contribution in [0.5, 0.6) is 0 Å². The van der Waals surface area contributed by atoms with Crippen LogP contribution in [0.3, 0.4) is 0 Å². The Bertz CT molecular complexity index is 522. The molecule has 2 amide bonds. The molecule has 9 heteroatoms. The molecule has 0 radical (unpaired) electrons. The minimum Gasteiger partial charge on any atom is -0.481 e. The molecule has 2 rings (SSSR count). The maximum absolute atomic E-state index is 12.6. The number of carbonyl (C=O) groups is 2. The van der Waals surface area contributed by atoms with Gasteiger partial charge in [-0.1, -0.05) is 0 Å². The largest absolute Gasteiger partial charge is 0.481 e. The Morgan fingerprint density at radius 1 is 1.29 bits per heavy atom.